The van der Waals surface area contributed by atoms with E-state index in [1.165, 1.54) is 0 Å². The number of rotatable bonds is 4. The van der Waals surface area contributed by atoms with Gasteiger partial charge >= 0.3 is 0 Å². The van der Waals surface area contributed by atoms with Crippen molar-refractivity contribution in [3.63, 3.8) is 0 Å². The fourth-order valence-corrected chi connectivity index (χ4v) is 3.32. The van der Waals surface area contributed by atoms with E-state index in [-0.39, 0.29) is 0 Å². The van der Waals surface area contributed by atoms with Crippen LogP contribution in [0.5, 0.6) is 5.75 Å². The number of fused-ring (bicyclic) bond motifs is 3. The summed E-state index contributed by atoms with van der Waals surface area (Å²) in [5.74, 6) is 1.47. The second kappa shape index (κ2) is 6.72. The smallest absolute Gasteiger partial charge is 0.182 e. The molecule has 0 spiro atoms. The minimum Gasteiger partial charge on any atom is -0.489 e. The minimum absolute atomic E-state index is 0.469. The molecule has 2 aromatic carbocycles. The third kappa shape index (κ3) is 3.01. The molecule has 0 amide bonds. The molecule has 0 bridgehead atoms. The zero-order chi connectivity index (χ0) is 19.1. The van der Waals surface area contributed by atoms with Gasteiger partial charge in [0.1, 0.15) is 18.7 Å². The second-order valence-corrected chi connectivity index (χ2v) is 7.31. The zero-order valence-electron chi connectivity index (χ0n) is 15.0. The molecule has 5 aromatic rings. The maximum absolute atomic E-state index is 5.87. The van der Waals surface area contributed by atoms with Crippen molar-refractivity contribution in [2.75, 3.05) is 0 Å². The Labute approximate surface area is 168 Å². The van der Waals surface area contributed by atoms with Gasteiger partial charge in [0, 0.05) is 17.1 Å². The first-order valence-electron chi connectivity index (χ1n) is 8.68. The van der Waals surface area contributed by atoms with Crippen LogP contribution in [-0.4, -0.2) is 29.4 Å². The Morgan fingerprint density at radius 3 is 2.79 bits per heavy atom. The molecule has 138 valence electrons. The molecule has 8 heteroatoms. The number of halogens is 1. The summed E-state index contributed by atoms with van der Waals surface area (Å²) in [6.07, 6.45) is 3.43. The van der Waals surface area contributed by atoms with Crippen LogP contribution in [0.4, 0.5) is 0 Å². The molecular weight excluding hydrogens is 420 g/mol. The van der Waals surface area contributed by atoms with Crippen LogP contribution in [0, 0.1) is 0 Å². The van der Waals surface area contributed by atoms with Gasteiger partial charge in [-0.25, -0.2) is 14.5 Å². The van der Waals surface area contributed by atoms with Gasteiger partial charge < -0.3 is 4.74 Å². The number of nitrogens with zero attached hydrogens (tertiary/aromatic N) is 6. The van der Waals surface area contributed by atoms with Crippen molar-refractivity contribution in [1.82, 2.24) is 29.4 Å². The summed E-state index contributed by atoms with van der Waals surface area (Å²) in [6, 6.07) is 15.8. The Bertz CT molecular complexity index is 1290. The normalized spacial score (nSPS) is 11.4. The van der Waals surface area contributed by atoms with E-state index in [0.29, 0.717) is 12.4 Å². The van der Waals surface area contributed by atoms with Crippen molar-refractivity contribution in [2.45, 2.75) is 6.61 Å². The highest BCUT2D eigenvalue weighted by atomic mass is 79.9. The quantitative estimate of drug-likeness (QED) is 0.427. The van der Waals surface area contributed by atoms with Gasteiger partial charge in [0.15, 0.2) is 17.1 Å². The molecule has 0 atom stereocenters. The van der Waals surface area contributed by atoms with Crippen LogP contribution in [0.1, 0.15) is 5.56 Å². The van der Waals surface area contributed by atoms with Crippen molar-refractivity contribution in [3.05, 3.63) is 71.1 Å². The molecule has 0 radical (unpaired) electrons. The predicted molar refractivity (Wildman–Crippen MR) is 109 cm³/mol. The first kappa shape index (κ1) is 16.9. The molecule has 5 rings (SSSR count). The van der Waals surface area contributed by atoms with Crippen LogP contribution in [0.2, 0.25) is 0 Å². The monoisotopic (exact) mass is 434 g/mol. The van der Waals surface area contributed by atoms with Gasteiger partial charge in [-0.05, 0) is 35.9 Å². The van der Waals surface area contributed by atoms with Crippen LogP contribution >= 0.6 is 15.9 Å². The molecule has 0 unspecified atom stereocenters. The lowest BCUT2D eigenvalue weighted by atomic mass is 10.1. The van der Waals surface area contributed by atoms with Crippen LogP contribution in [0.15, 0.2) is 65.5 Å². The molecule has 0 fully saturated rings. The minimum atomic E-state index is 0.469. The fraction of sp³-hybridized carbons (Fsp3) is 0.100. The average Bonchev–Trinajstić information content (AvgIpc) is 3.31. The van der Waals surface area contributed by atoms with Gasteiger partial charge in [-0.3, -0.25) is 4.68 Å². The van der Waals surface area contributed by atoms with E-state index < -0.39 is 0 Å². The Morgan fingerprint density at radius 1 is 1.07 bits per heavy atom. The Balaban J connectivity index is 1.45. The number of aromatic nitrogens is 6. The summed E-state index contributed by atoms with van der Waals surface area (Å²) in [5, 5.41) is 9.70. The van der Waals surface area contributed by atoms with Gasteiger partial charge in [0.2, 0.25) is 0 Å². The number of benzene rings is 2. The van der Waals surface area contributed by atoms with Crippen molar-refractivity contribution < 1.29 is 4.74 Å². The number of ether oxygens (including phenoxy) is 1. The van der Waals surface area contributed by atoms with Crippen molar-refractivity contribution in [2.24, 2.45) is 7.05 Å². The third-order valence-corrected chi connectivity index (χ3v) is 5.00. The molecule has 0 aliphatic carbocycles. The van der Waals surface area contributed by atoms with Crippen LogP contribution in [0.25, 0.3) is 28.1 Å². The van der Waals surface area contributed by atoms with Gasteiger partial charge in [0.25, 0.3) is 0 Å². The Hall–Kier alpha value is -3.26. The lowest BCUT2D eigenvalue weighted by Gasteiger charge is -2.07. The highest BCUT2D eigenvalue weighted by molar-refractivity contribution is 9.10. The summed E-state index contributed by atoms with van der Waals surface area (Å²) < 4.78 is 10.3. The molecule has 3 heterocycles. The molecule has 0 aliphatic rings. The fourth-order valence-electron chi connectivity index (χ4n) is 3.06. The number of hydrogen-bond donors (Lipinski definition) is 0. The molecule has 3 aromatic heterocycles. The zero-order valence-corrected chi connectivity index (χ0v) is 16.5. The summed E-state index contributed by atoms with van der Waals surface area (Å²) in [4.78, 5) is 9.11. The Kier molecular flexibility index (Phi) is 4.05. The molecule has 0 saturated carbocycles. The molecule has 28 heavy (non-hydrogen) atoms. The molecule has 0 N–H and O–H groups in total. The van der Waals surface area contributed by atoms with Gasteiger partial charge in [-0.1, -0.05) is 34.1 Å². The first-order valence-corrected chi connectivity index (χ1v) is 9.47. The maximum atomic E-state index is 5.87. The lowest BCUT2D eigenvalue weighted by Crippen LogP contribution is -1.96. The molecule has 7 nitrogen and oxygen atoms in total. The van der Waals surface area contributed by atoms with E-state index in [4.69, 9.17) is 9.72 Å². The highest BCUT2D eigenvalue weighted by Crippen LogP contribution is 2.22. The van der Waals surface area contributed by atoms with E-state index in [0.717, 1.165) is 38.0 Å². The van der Waals surface area contributed by atoms with E-state index in [1.807, 2.05) is 55.6 Å². The predicted octanol–water partition coefficient (Wildman–Crippen LogP) is 4.02. The second-order valence-electron chi connectivity index (χ2n) is 6.40. The summed E-state index contributed by atoms with van der Waals surface area (Å²) in [5.41, 5.74) is 3.49. The average molecular weight is 435 g/mol. The molecule has 0 aliphatic heterocycles. The van der Waals surface area contributed by atoms with Gasteiger partial charge in [0.05, 0.1) is 11.6 Å². The van der Waals surface area contributed by atoms with Crippen LogP contribution in [0.3, 0.4) is 0 Å². The topological polar surface area (TPSA) is 70.1 Å². The highest BCUT2D eigenvalue weighted by Gasteiger charge is 2.12. The van der Waals surface area contributed by atoms with E-state index in [9.17, 15) is 0 Å². The van der Waals surface area contributed by atoms with Crippen molar-refractivity contribution in [1.29, 1.82) is 0 Å². The van der Waals surface area contributed by atoms with E-state index >= 15 is 0 Å². The van der Waals surface area contributed by atoms with Crippen molar-refractivity contribution in [3.8, 4) is 17.1 Å². The summed E-state index contributed by atoms with van der Waals surface area (Å²) >= 11 is 3.43. The van der Waals surface area contributed by atoms with E-state index in [1.54, 1.807) is 21.7 Å². The summed E-state index contributed by atoms with van der Waals surface area (Å²) in [7, 11) is 1.86. The lowest BCUT2D eigenvalue weighted by molar-refractivity contribution is 0.306. The van der Waals surface area contributed by atoms with Gasteiger partial charge in [-0.15, -0.1) is 5.10 Å². The number of hydrogen-bond acceptors (Lipinski definition) is 5. The summed E-state index contributed by atoms with van der Waals surface area (Å²) in [6.45, 7) is 0.469. The van der Waals surface area contributed by atoms with Crippen molar-refractivity contribution >= 4 is 32.6 Å². The van der Waals surface area contributed by atoms with Crippen LogP contribution < -0.4 is 4.74 Å². The third-order valence-electron chi connectivity index (χ3n) is 4.47. The standard InChI is InChI=1S/C20H15BrN6O/c1-26-19-17(10-23-26)20-24-18(25-27(20)12-22-19)14-4-2-3-13(9-14)11-28-16-7-5-15(21)6-8-16/h2-10,12H,11H2,1H3. The molecule has 0 saturated heterocycles. The maximum Gasteiger partial charge on any atom is 0.182 e. The number of aryl methyl sites for hydroxylation is 1. The largest absolute Gasteiger partial charge is 0.489 e. The molecular formula is C20H15BrN6O. The van der Waals surface area contributed by atoms with Crippen LogP contribution in [-0.2, 0) is 13.7 Å². The van der Waals surface area contributed by atoms with Gasteiger partial charge in [-0.2, -0.15) is 5.10 Å². The Morgan fingerprint density at radius 2 is 1.93 bits per heavy atom. The SMILES string of the molecule is Cn1ncc2c1ncn1nc(-c3cccc(COc4ccc(Br)cc4)c3)nc21. The van der Waals surface area contributed by atoms with E-state index in [2.05, 4.69) is 31.1 Å². The first-order chi connectivity index (χ1) is 13.7.